The summed E-state index contributed by atoms with van der Waals surface area (Å²) < 4.78 is 9.64. The van der Waals surface area contributed by atoms with E-state index in [1.165, 1.54) is 27.1 Å². The van der Waals surface area contributed by atoms with E-state index in [-0.39, 0.29) is 17.9 Å². The zero-order chi connectivity index (χ0) is 15.2. The van der Waals surface area contributed by atoms with Gasteiger partial charge in [-0.1, -0.05) is 25.0 Å². The van der Waals surface area contributed by atoms with E-state index in [0.717, 1.165) is 18.4 Å². The number of hydrogen-bond donors (Lipinski definition) is 0. The van der Waals surface area contributed by atoms with Gasteiger partial charge in [-0.15, -0.1) is 0 Å². The quantitative estimate of drug-likeness (QED) is 0.782. The Labute approximate surface area is 125 Å². The standard InChI is InChI=1S/C17H22O4/c1-20-16(18)14-9-7-12(8-10-14)11-15(17(19)21-2)13-5-3-4-6-13/h7-10,13,15H,3-6,11H2,1-2H3. The number of hydrogen-bond acceptors (Lipinski definition) is 4. The van der Waals surface area contributed by atoms with Crippen molar-refractivity contribution in [2.45, 2.75) is 32.1 Å². The molecule has 0 radical (unpaired) electrons. The van der Waals surface area contributed by atoms with E-state index in [4.69, 9.17) is 4.74 Å². The number of methoxy groups -OCH3 is 2. The Morgan fingerprint density at radius 1 is 1.10 bits per heavy atom. The predicted molar refractivity (Wildman–Crippen MR) is 78.9 cm³/mol. The lowest BCUT2D eigenvalue weighted by Crippen LogP contribution is -2.25. The second-order valence-corrected chi connectivity index (χ2v) is 5.57. The highest BCUT2D eigenvalue weighted by Gasteiger charge is 2.31. The lowest BCUT2D eigenvalue weighted by atomic mass is 9.85. The molecule has 4 heteroatoms. The monoisotopic (exact) mass is 290 g/mol. The third kappa shape index (κ3) is 3.84. The van der Waals surface area contributed by atoms with Gasteiger partial charge in [-0.2, -0.15) is 0 Å². The first-order valence-electron chi connectivity index (χ1n) is 7.40. The molecule has 0 saturated heterocycles. The molecule has 21 heavy (non-hydrogen) atoms. The summed E-state index contributed by atoms with van der Waals surface area (Å²) in [7, 11) is 2.81. The average Bonchev–Trinajstić information content (AvgIpc) is 3.05. The minimum atomic E-state index is -0.345. The summed E-state index contributed by atoms with van der Waals surface area (Å²) in [5.41, 5.74) is 1.57. The lowest BCUT2D eigenvalue weighted by molar-refractivity contribution is -0.147. The molecule has 4 nitrogen and oxygen atoms in total. The van der Waals surface area contributed by atoms with Crippen LogP contribution in [-0.2, 0) is 20.7 Å². The van der Waals surface area contributed by atoms with Crippen LogP contribution < -0.4 is 0 Å². The highest BCUT2D eigenvalue weighted by Crippen LogP contribution is 2.34. The van der Waals surface area contributed by atoms with E-state index in [0.29, 0.717) is 17.9 Å². The van der Waals surface area contributed by atoms with Crippen molar-refractivity contribution >= 4 is 11.9 Å². The highest BCUT2D eigenvalue weighted by molar-refractivity contribution is 5.89. The van der Waals surface area contributed by atoms with Crippen molar-refractivity contribution in [3.05, 3.63) is 35.4 Å². The second-order valence-electron chi connectivity index (χ2n) is 5.57. The second kappa shape index (κ2) is 7.25. The molecular weight excluding hydrogens is 268 g/mol. The average molecular weight is 290 g/mol. The fourth-order valence-corrected chi connectivity index (χ4v) is 3.10. The van der Waals surface area contributed by atoms with Crippen LogP contribution in [0.1, 0.15) is 41.6 Å². The summed E-state index contributed by atoms with van der Waals surface area (Å²) in [5, 5.41) is 0. The maximum absolute atomic E-state index is 12.0. The first-order valence-corrected chi connectivity index (χ1v) is 7.40. The van der Waals surface area contributed by atoms with Crippen molar-refractivity contribution in [2.75, 3.05) is 14.2 Å². The van der Waals surface area contributed by atoms with Crippen LogP contribution >= 0.6 is 0 Å². The summed E-state index contributed by atoms with van der Waals surface area (Å²) in [5.74, 6) is -0.139. The Bertz CT molecular complexity index is 486. The number of carbonyl (C=O) groups excluding carboxylic acids is 2. The molecule has 0 amide bonds. The van der Waals surface area contributed by atoms with Gasteiger partial charge < -0.3 is 9.47 Å². The Kier molecular flexibility index (Phi) is 5.37. The van der Waals surface area contributed by atoms with E-state index in [1.807, 2.05) is 12.1 Å². The molecule has 0 aliphatic heterocycles. The summed E-state index contributed by atoms with van der Waals surface area (Å²) >= 11 is 0. The summed E-state index contributed by atoms with van der Waals surface area (Å²) in [4.78, 5) is 23.4. The van der Waals surface area contributed by atoms with Crippen molar-refractivity contribution in [3.8, 4) is 0 Å². The molecule has 0 spiro atoms. The molecule has 0 bridgehead atoms. The highest BCUT2D eigenvalue weighted by atomic mass is 16.5. The topological polar surface area (TPSA) is 52.6 Å². The van der Waals surface area contributed by atoms with E-state index < -0.39 is 0 Å². The Morgan fingerprint density at radius 2 is 1.71 bits per heavy atom. The predicted octanol–water partition coefficient (Wildman–Crippen LogP) is 3.00. The third-order valence-electron chi connectivity index (χ3n) is 4.30. The summed E-state index contributed by atoms with van der Waals surface area (Å²) in [6, 6.07) is 7.25. The van der Waals surface area contributed by atoms with Gasteiger partial charge in [0.15, 0.2) is 0 Å². The molecule has 2 rings (SSSR count). The van der Waals surface area contributed by atoms with Crippen LogP contribution in [0.4, 0.5) is 0 Å². The van der Waals surface area contributed by atoms with E-state index in [2.05, 4.69) is 4.74 Å². The van der Waals surface area contributed by atoms with Crippen molar-refractivity contribution in [2.24, 2.45) is 11.8 Å². The van der Waals surface area contributed by atoms with E-state index in [1.54, 1.807) is 12.1 Å². The zero-order valence-electron chi connectivity index (χ0n) is 12.6. The maximum Gasteiger partial charge on any atom is 0.337 e. The normalized spacial score (nSPS) is 16.5. The van der Waals surface area contributed by atoms with Crippen molar-refractivity contribution in [1.82, 2.24) is 0 Å². The van der Waals surface area contributed by atoms with Crippen molar-refractivity contribution in [1.29, 1.82) is 0 Å². The Morgan fingerprint density at radius 3 is 2.24 bits per heavy atom. The molecule has 1 aliphatic rings. The molecule has 0 N–H and O–H groups in total. The van der Waals surface area contributed by atoms with Gasteiger partial charge in [0.05, 0.1) is 25.7 Å². The fourth-order valence-electron chi connectivity index (χ4n) is 3.10. The molecule has 1 atom stereocenters. The largest absolute Gasteiger partial charge is 0.469 e. The van der Waals surface area contributed by atoms with Gasteiger partial charge in [0, 0.05) is 0 Å². The maximum atomic E-state index is 12.0. The van der Waals surface area contributed by atoms with Crippen LogP contribution in [0.3, 0.4) is 0 Å². The van der Waals surface area contributed by atoms with Crippen LogP contribution in [0.15, 0.2) is 24.3 Å². The Balaban J connectivity index is 2.09. The van der Waals surface area contributed by atoms with Gasteiger partial charge >= 0.3 is 11.9 Å². The number of benzene rings is 1. The van der Waals surface area contributed by atoms with Crippen molar-refractivity contribution in [3.63, 3.8) is 0 Å². The van der Waals surface area contributed by atoms with E-state index >= 15 is 0 Å². The smallest absolute Gasteiger partial charge is 0.337 e. The number of rotatable bonds is 5. The molecule has 1 fully saturated rings. The first kappa shape index (κ1) is 15.5. The van der Waals surface area contributed by atoms with Crippen LogP contribution in [-0.4, -0.2) is 26.2 Å². The molecule has 1 aromatic rings. The molecule has 1 unspecified atom stereocenters. The van der Waals surface area contributed by atoms with Gasteiger partial charge in [-0.3, -0.25) is 4.79 Å². The SMILES string of the molecule is COC(=O)c1ccc(CC(C(=O)OC)C2CCCC2)cc1. The summed E-state index contributed by atoms with van der Waals surface area (Å²) in [6.45, 7) is 0. The van der Waals surface area contributed by atoms with Gasteiger partial charge in [0.1, 0.15) is 0 Å². The minimum Gasteiger partial charge on any atom is -0.469 e. The number of ether oxygens (including phenoxy) is 2. The van der Waals surface area contributed by atoms with E-state index in [9.17, 15) is 9.59 Å². The molecular formula is C17H22O4. The van der Waals surface area contributed by atoms with Crippen LogP contribution in [0.5, 0.6) is 0 Å². The molecule has 1 saturated carbocycles. The molecule has 1 aliphatic carbocycles. The summed E-state index contributed by atoms with van der Waals surface area (Å²) in [6.07, 6.45) is 5.25. The molecule has 114 valence electrons. The Hall–Kier alpha value is -1.84. The molecule has 0 aromatic heterocycles. The van der Waals surface area contributed by atoms with Crippen molar-refractivity contribution < 1.29 is 19.1 Å². The van der Waals surface area contributed by atoms with Gasteiger partial charge in [0.25, 0.3) is 0 Å². The number of esters is 2. The van der Waals surface area contributed by atoms with Gasteiger partial charge in [0.2, 0.25) is 0 Å². The van der Waals surface area contributed by atoms with Crippen LogP contribution in [0.2, 0.25) is 0 Å². The molecule has 1 aromatic carbocycles. The first-order chi connectivity index (χ1) is 10.2. The van der Waals surface area contributed by atoms with Gasteiger partial charge in [-0.25, -0.2) is 4.79 Å². The third-order valence-corrected chi connectivity index (χ3v) is 4.30. The zero-order valence-corrected chi connectivity index (χ0v) is 12.6. The fraction of sp³-hybridized carbons (Fsp3) is 0.529. The minimum absolute atomic E-state index is 0.0820. The van der Waals surface area contributed by atoms with Crippen LogP contribution in [0.25, 0.3) is 0 Å². The molecule has 0 heterocycles. The van der Waals surface area contributed by atoms with Gasteiger partial charge in [-0.05, 0) is 42.9 Å². The van der Waals surface area contributed by atoms with Crippen LogP contribution in [0, 0.1) is 11.8 Å². The number of carbonyl (C=O) groups is 2. The lowest BCUT2D eigenvalue weighted by Gasteiger charge is -2.21.